The average molecular weight is 453 g/mol. The Balaban J connectivity index is 2.20. The summed E-state index contributed by atoms with van der Waals surface area (Å²) in [6, 6.07) is 8.28. The number of amides is 1. The molecule has 3 N–H and O–H groups in total. The summed E-state index contributed by atoms with van der Waals surface area (Å²) >= 11 is 0. The molecule has 0 saturated carbocycles. The van der Waals surface area contributed by atoms with E-state index >= 15 is 0 Å². The van der Waals surface area contributed by atoms with Crippen molar-refractivity contribution in [2.45, 2.75) is 40.2 Å². The number of nitro groups is 1. The highest BCUT2D eigenvalue weighted by Crippen LogP contribution is 2.40. The van der Waals surface area contributed by atoms with Crippen LogP contribution in [0.25, 0.3) is 22.3 Å². The second-order valence-corrected chi connectivity index (χ2v) is 8.69. The first kappa shape index (κ1) is 23.6. The Hall–Kier alpha value is -4.01. The minimum Gasteiger partial charge on any atom is -0.456 e. The van der Waals surface area contributed by atoms with Gasteiger partial charge in [0.05, 0.1) is 10.5 Å². The van der Waals surface area contributed by atoms with Crippen LogP contribution in [-0.4, -0.2) is 27.4 Å². The highest BCUT2D eigenvalue weighted by molar-refractivity contribution is 6.04. The first-order valence-electron chi connectivity index (χ1n) is 10.1. The summed E-state index contributed by atoms with van der Waals surface area (Å²) in [6.45, 7) is 8.46. The molecule has 3 rings (SSSR count). The maximum Gasteiger partial charge on any atom is 0.341 e. The van der Waals surface area contributed by atoms with Gasteiger partial charge in [-0.25, -0.2) is 9.18 Å². The highest BCUT2D eigenvalue weighted by atomic mass is 19.1. The van der Waals surface area contributed by atoms with Gasteiger partial charge in [-0.2, -0.15) is 0 Å². The number of nitrogens with one attached hydrogen (secondary N) is 1. The van der Waals surface area contributed by atoms with Crippen molar-refractivity contribution in [3.8, 4) is 22.3 Å². The van der Waals surface area contributed by atoms with E-state index < -0.39 is 28.2 Å². The average Bonchev–Trinajstić information content (AvgIpc) is 3.03. The summed E-state index contributed by atoms with van der Waals surface area (Å²) in [5.41, 5.74) is 7.52. The normalized spacial score (nSPS) is 11.3. The molecule has 172 valence electrons. The van der Waals surface area contributed by atoms with Crippen molar-refractivity contribution in [3.05, 3.63) is 74.8 Å². The van der Waals surface area contributed by atoms with Crippen molar-refractivity contribution >= 4 is 17.6 Å². The fourth-order valence-corrected chi connectivity index (χ4v) is 3.65. The van der Waals surface area contributed by atoms with E-state index in [9.17, 15) is 24.1 Å². The van der Waals surface area contributed by atoms with Gasteiger partial charge in [0.15, 0.2) is 0 Å². The minimum atomic E-state index is -0.817. The lowest BCUT2D eigenvalue weighted by atomic mass is 9.91. The second kappa shape index (κ2) is 8.50. The van der Waals surface area contributed by atoms with Gasteiger partial charge < -0.3 is 15.5 Å². The van der Waals surface area contributed by atoms with Gasteiger partial charge in [-0.3, -0.25) is 14.9 Å². The molecule has 0 bridgehead atoms. The Morgan fingerprint density at radius 2 is 1.76 bits per heavy atom. The Bertz CT molecular complexity index is 1290. The molecule has 0 aliphatic heterocycles. The third-order valence-electron chi connectivity index (χ3n) is 5.00. The van der Waals surface area contributed by atoms with Crippen LogP contribution < -0.4 is 5.73 Å². The number of carbonyl (C=O) groups excluding carboxylic acids is 2. The molecule has 0 atom stereocenters. The topological polar surface area (TPSA) is 128 Å². The zero-order chi connectivity index (χ0) is 24.7. The first-order valence-corrected chi connectivity index (χ1v) is 10.1. The molecule has 0 fully saturated rings. The van der Waals surface area contributed by atoms with Gasteiger partial charge in [0.25, 0.3) is 11.6 Å². The highest BCUT2D eigenvalue weighted by Gasteiger charge is 2.26. The summed E-state index contributed by atoms with van der Waals surface area (Å²) in [5.74, 6) is -2.38. The molecule has 1 heterocycles. The standard InChI is InChI=1S/C24H24FN3O5/c1-12-10-15(28(31)32)7-9-16(12)19-13(2)27-21(22(26)29)20(19)14-6-8-17(18(25)11-14)23(30)33-24(3,4)5/h6-11,27H,1-5H3,(H2,26,29). The molecule has 0 aliphatic carbocycles. The lowest BCUT2D eigenvalue weighted by Gasteiger charge is -2.19. The van der Waals surface area contributed by atoms with Crippen LogP contribution in [0.5, 0.6) is 0 Å². The number of hydrogen-bond donors (Lipinski definition) is 2. The van der Waals surface area contributed by atoms with Crippen molar-refractivity contribution in [2.24, 2.45) is 5.73 Å². The predicted molar refractivity (Wildman–Crippen MR) is 121 cm³/mol. The summed E-state index contributed by atoms with van der Waals surface area (Å²) < 4.78 is 20.2. The number of hydrogen-bond acceptors (Lipinski definition) is 5. The van der Waals surface area contributed by atoms with E-state index in [0.29, 0.717) is 33.5 Å². The number of aromatic amines is 1. The molecule has 0 saturated heterocycles. The summed E-state index contributed by atoms with van der Waals surface area (Å²) in [5, 5.41) is 11.1. The number of H-pyrrole nitrogens is 1. The Labute approximate surface area is 189 Å². The van der Waals surface area contributed by atoms with Crippen molar-refractivity contribution in [1.29, 1.82) is 0 Å². The third kappa shape index (κ3) is 4.77. The Morgan fingerprint density at radius 1 is 1.09 bits per heavy atom. The van der Waals surface area contributed by atoms with Crippen LogP contribution in [0.4, 0.5) is 10.1 Å². The number of nitro benzene ring substituents is 1. The first-order chi connectivity index (χ1) is 15.3. The number of nitrogens with two attached hydrogens (primary N) is 1. The van der Waals surface area contributed by atoms with Gasteiger partial charge in [-0.1, -0.05) is 6.07 Å². The van der Waals surface area contributed by atoms with E-state index in [-0.39, 0.29) is 16.9 Å². The number of non-ortho nitro benzene ring substituents is 1. The number of primary amides is 1. The van der Waals surface area contributed by atoms with E-state index in [2.05, 4.69) is 4.98 Å². The molecule has 0 aliphatic rings. The van der Waals surface area contributed by atoms with E-state index in [1.165, 1.54) is 24.3 Å². The van der Waals surface area contributed by atoms with Crippen LogP contribution in [0.3, 0.4) is 0 Å². The Morgan fingerprint density at radius 3 is 2.27 bits per heavy atom. The number of aryl methyl sites for hydroxylation is 2. The lowest BCUT2D eigenvalue weighted by molar-refractivity contribution is -0.384. The summed E-state index contributed by atoms with van der Waals surface area (Å²) in [7, 11) is 0. The van der Waals surface area contributed by atoms with E-state index in [1.807, 2.05) is 0 Å². The van der Waals surface area contributed by atoms with Gasteiger partial charge in [0, 0.05) is 29.0 Å². The van der Waals surface area contributed by atoms with Crippen LogP contribution in [0.1, 0.15) is 52.9 Å². The maximum atomic E-state index is 15.0. The van der Waals surface area contributed by atoms with Gasteiger partial charge >= 0.3 is 5.97 Å². The number of benzene rings is 2. The van der Waals surface area contributed by atoms with Gasteiger partial charge in [0.1, 0.15) is 17.1 Å². The molecule has 0 radical (unpaired) electrons. The summed E-state index contributed by atoms with van der Waals surface area (Å²) in [6.07, 6.45) is 0. The molecule has 0 spiro atoms. The minimum absolute atomic E-state index is 0.0599. The van der Waals surface area contributed by atoms with Gasteiger partial charge in [-0.15, -0.1) is 0 Å². The quantitative estimate of drug-likeness (QED) is 0.317. The van der Waals surface area contributed by atoms with Crippen LogP contribution in [0, 0.1) is 29.8 Å². The molecule has 0 unspecified atom stereocenters. The predicted octanol–water partition coefficient (Wildman–Crippen LogP) is 5.07. The van der Waals surface area contributed by atoms with Crippen molar-refractivity contribution in [3.63, 3.8) is 0 Å². The second-order valence-electron chi connectivity index (χ2n) is 8.69. The fraction of sp³-hybridized carbons (Fsp3) is 0.250. The number of halogens is 1. The molecular weight excluding hydrogens is 429 g/mol. The van der Waals surface area contributed by atoms with E-state index in [0.717, 1.165) is 6.07 Å². The monoisotopic (exact) mass is 453 g/mol. The van der Waals surface area contributed by atoms with Crippen LogP contribution in [0.15, 0.2) is 36.4 Å². The third-order valence-corrected chi connectivity index (χ3v) is 5.00. The molecule has 1 amide bonds. The van der Waals surface area contributed by atoms with Crippen molar-refractivity contribution < 1.29 is 23.6 Å². The number of aromatic nitrogens is 1. The van der Waals surface area contributed by atoms with Gasteiger partial charge in [-0.05, 0) is 69.5 Å². The lowest BCUT2D eigenvalue weighted by Crippen LogP contribution is -2.24. The van der Waals surface area contributed by atoms with Crippen molar-refractivity contribution in [1.82, 2.24) is 4.98 Å². The van der Waals surface area contributed by atoms with Crippen LogP contribution in [-0.2, 0) is 4.74 Å². The van der Waals surface area contributed by atoms with Crippen LogP contribution >= 0.6 is 0 Å². The molecule has 9 heteroatoms. The zero-order valence-electron chi connectivity index (χ0n) is 18.9. The fourth-order valence-electron chi connectivity index (χ4n) is 3.65. The number of carbonyl (C=O) groups is 2. The molecular formula is C24H24FN3O5. The van der Waals surface area contributed by atoms with E-state index in [1.54, 1.807) is 40.7 Å². The Kier molecular flexibility index (Phi) is 6.09. The van der Waals surface area contributed by atoms with Crippen LogP contribution in [0.2, 0.25) is 0 Å². The molecule has 2 aromatic carbocycles. The zero-order valence-corrected chi connectivity index (χ0v) is 18.9. The molecule has 33 heavy (non-hydrogen) atoms. The molecule has 1 aromatic heterocycles. The van der Waals surface area contributed by atoms with Gasteiger partial charge in [0.2, 0.25) is 0 Å². The van der Waals surface area contributed by atoms with E-state index in [4.69, 9.17) is 10.5 Å². The summed E-state index contributed by atoms with van der Waals surface area (Å²) in [4.78, 5) is 38.1. The number of nitrogens with zero attached hydrogens (tertiary/aromatic N) is 1. The number of rotatable bonds is 5. The SMILES string of the molecule is Cc1cc([N+](=O)[O-])ccc1-c1c(C)[nH]c(C(N)=O)c1-c1ccc(C(=O)OC(C)(C)C)c(F)c1. The van der Waals surface area contributed by atoms with Crippen molar-refractivity contribution in [2.75, 3.05) is 0 Å². The smallest absolute Gasteiger partial charge is 0.341 e. The maximum absolute atomic E-state index is 15.0. The number of esters is 1. The number of ether oxygens (including phenoxy) is 1. The molecule has 8 nitrogen and oxygen atoms in total. The molecule has 3 aromatic rings. The largest absolute Gasteiger partial charge is 0.456 e.